The Labute approximate surface area is 118 Å². The van der Waals surface area contributed by atoms with Crippen LogP contribution in [0.3, 0.4) is 0 Å². The molecule has 0 spiro atoms. The number of amides is 1. The van der Waals surface area contributed by atoms with Crippen LogP contribution in [0.25, 0.3) is 0 Å². The predicted octanol–water partition coefficient (Wildman–Crippen LogP) is 2.86. The van der Waals surface area contributed by atoms with Crippen molar-refractivity contribution in [2.75, 3.05) is 13.6 Å². The Kier molecular flexibility index (Phi) is 5.45. The SMILES string of the molecule is CNC(=O)C(C)(C)CNCc1ccc(Cl)cc1Cl. The fourth-order valence-corrected chi connectivity index (χ4v) is 2.07. The molecule has 0 heterocycles. The molecular formula is C13H18Cl2N2O. The van der Waals surface area contributed by atoms with Crippen molar-refractivity contribution in [3.63, 3.8) is 0 Å². The fourth-order valence-electron chi connectivity index (χ4n) is 1.59. The second-order valence-electron chi connectivity index (χ2n) is 4.80. The third kappa shape index (κ3) is 4.16. The van der Waals surface area contributed by atoms with Gasteiger partial charge < -0.3 is 10.6 Å². The lowest BCUT2D eigenvalue weighted by molar-refractivity contribution is -0.128. The first-order chi connectivity index (χ1) is 8.36. The minimum atomic E-state index is -0.451. The molecule has 0 aromatic heterocycles. The molecule has 5 heteroatoms. The van der Waals surface area contributed by atoms with E-state index in [-0.39, 0.29) is 5.91 Å². The molecule has 3 nitrogen and oxygen atoms in total. The number of halogens is 2. The van der Waals surface area contributed by atoms with Gasteiger partial charge >= 0.3 is 0 Å². The highest BCUT2D eigenvalue weighted by Gasteiger charge is 2.25. The van der Waals surface area contributed by atoms with Crippen molar-refractivity contribution < 1.29 is 4.79 Å². The van der Waals surface area contributed by atoms with Crippen LogP contribution in [0.2, 0.25) is 10.0 Å². The highest BCUT2D eigenvalue weighted by atomic mass is 35.5. The van der Waals surface area contributed by atoms with Crippen LogP contribution in [0.4, 0.5) is 0 Å². The van der Waals surface area contributed by atoms with E-state index in [0.29, 0.717) is 23.1 Å². The van der Waals surface area contributed by atoms with Gasteiger partial charge in [-0.25, -0.2) is 0 Å². The summed E-state index contributed by atoms with van der Waals surface area (Å²) >= 11 is 11.9. The monoisotopic (exact) mass is 288 g/mol. The Morgan fingerprint density at radius 2 is 2.00 bits per heavy atom. The highest BCUT2D eigenvalue weighted by Crippen LogP contribution is 2.21. The van der Waals surface area contributed by atoms with Crippen LogP contribution in [0, 0.1) is 5.41 Å². The molecule has 1 amide bonds. The van der Waals surface area contributed by atoms with E-state index in [1.165, 1.54) is 0 Å². The number of rotatable bonds is 5. The van der Waals surface area contributed by atoms with E-state index in [9.17, 15) is 4.79 Å². The van der Waals surface area contributed by atoms with E-state index in [2.05, 4.69) is 10.6 Å². The first-order valence-electron chi connectivity index (χ1n) is 5.73. The van der Waals surface area contributed by atoms with Gasteiger partial charge in [-0.3, -0.25) is 4.79 Å². The third-order valence-corrected chi connectivity index (χ3v) is 3.33. The van der Waals surface area contributed by atoms with Gasteiger partial charge in [0.05, 0.1) is 5.41 Å². The Hall–Kier alpha value is -0.770. The normalized spacial score (nSPS) is 11.4. The number of hydrogen-bond acceptors (Lipinski definition) is 2. The first-order valence-corrected chi connectivity index (χ1v) is 6.49. The summed E-state index contributed by atoms with van der Waals surface area (Å²) in [6, 6.07) is 5.39. The van der Waals surface area contributed by atoms with Crippen LogP contribution >= 0.6 is 23.2 Å². The molecule has 0 atom stereocenters. The molecule has 18 heavy (non-hydrogen) atoms. The van der Waals surface area contributed by atoms with Crippen LogP contribution in [-0.4, -0.2) is 19.5 Å². The van der Waals surface area contributed by atoms with E-state index in [1.807, 2.05) is 19.9 Å². The lowest BCUT2D eigenvalue weighted by atomic mass is 9.92. The van der Waals surface area contributed by atoms with E-state index < -0.39 is 5.41 Å². The van der Waals surface area contributed by atoms with Gasteiger partial charge in [-0.15, -0.1) is 0 Å². The van der Waals surface area contributed by atoms with E-state index in [0.717, 1.165) is 5.56 Å². The summed E-state index contributed by atoms with van der Waals surface area (Å²) in [6.07, 6.45) is 0. The lowest BCUT2D eigenvalue weighted by Gasteiger charge is -2.23. The van der Waals surface area contributed by atoms with E-state index >= 15 is 0 Å². The first kappa shape index (κ1) is 15.3. The molecule has 0 aliphatic carbocycles. The average Bonchev–Trinajstić information content (AvgIpc) is 2.30. The summed E-state index contributed by atoms with van der Waals surface area (Å²) in [5, 5.41) is 7.13. The third-order valence-electron chi connectivity index (χ3n) is 2.74. The standard InChI is InChI=1S/C13H18Cl2N2O/c1-13(2,12(18)16-3)8-17-7-9-4-5-10(14)6-11(9)15/h4-6,17H,7-8H2,1-3H3,(H,16,18). The van der Waals surface area contributed by atoms with Crippen LogP contribution < -0.4 is 10.6 Å². The highest BCUT2D eigenvalue weighted by molar-refractivity contribution is 6.35. The molecule has 0 fully saturated rings. The Bertz CT molecular complexity index is 433. The number of carbonyl (C=O) groups is 1. The van der Waals surface area contributed by atoms with Crippen molar-refractivity contribution in [3.05, 3.63) is 33.8 Å². The lowest BCUT2D eigenvalue weighted by Crippen LogP contribution is -2.41. The van der Waals surface area contributed by atoms with Crippen LogP contribution in [0.1, 0.15) is 19.4 Å². The zero-order valence-corrected chi connectivity index (χ0v) is 12.3. The minimum Gasteiger partial charge on any atom is -0.359 e. The summed E-state index contributed by atoms with van der Waals surface area (Å²) in [6.45, 7) is 4.96. The van der Waals surface area contributed by atoms with Gasteiger partial charge in [0.1, 0.15) is 0 Å². The Morgan fingerprint density at radius 3 is 2.56 bits per heavy atom. The number of nitrogens with one attached hydrogen (secondary N) is 2. The van der Waals surface area contributed by atoms with Crippen molar-refractivity contribution >= 4 is 29.1 Å². The maximum Gasteiger partial charge on any atom is 0.226 e. The molecule has 0 aliphatic heterocycles. The van der Waals surface area contributed by atoms with E-state index in [1.54, 1.807) is 19.2 Å². The summed E-state index contributed by atoms with van der Waals surface area (Å²) in [4.78, 5) is 11.6. The van der Waals surface area contributed by atoms with E-state index in [4.69, 9.17) is 23.2 Å². The molecule has 0 saturated heterocycles. The molecule has 0 unspecified atom stereocenters. The van der Waals surface area contributed by atoms with Crippen molar-refractivity contribution in [1.82, 2.24) is 10.6 Å². The maximum absolute atomic E-state index is 11.6. The average molecular weight is 289 g/mol. The quantitative estimate of drug-likeness (QED) is 0.875. The van der Waals surface area contributed by atoms with Crippen molar-refractivity contribution in [1.29, 1.82) is 0 Å². The smallest absolute Gasteiger partial charge is 0.226 e. The molecule has 2 N–H and O–H groups in total. The molecule has 100 valence electrons. The molecule has 1 aromatic rings. The second kappa shape index (κ2) is 6.41. The Balaban J connectivity index is 2.54. The number of benzene rings is 1. The number of carbonyl (C=O) groups excluding carboxylic acids is 1. The van der Waals surface area contributed by atoms with Crippen molar-refractivity contribution in [2.24, 2.45) is 5.41 Å². The molecule has 1 rings (SSSR count). The Morgan fingerprint density at radius 1 is 1.33 bits per heavy atom. The van der Waals surface area contributed by atoms with Gasteiger partial charge in [0, 0.05) is 30.2 Å². The molecule has 1 aromatic carbocycles. The van der Waals surface area contributed by atoms with Crippen LogP contribution in [0.15, 0.2) is 18.2 Å². The minimum absolute atomic E-state index is 0.0113. The van der Waals surface area contributed by atoms with Gasteiger partial charge in [-0.1, -0.05) is 29.3 Å². The summed E-state index contributed by atoms with van der Waals surface area (Å²) < 4.78 is 0. The largest absolute Gasteiger partial charge is 0.359 e. The summed E-state index contributed by atoms with van der Waals surface area (Å²) in [5.41, 5.74) is 0.516. The van der Waals surface area contributed by atoms with Gasteiger partial charge in [0.25, 0.3) is 0 Å². The molecule has 0 bridgehead atoms. The zero-order chi connectivity index (χ0) is 13.8. The maximum atomic E-state index is 11.6. The predicted molar refractivity (Wildman–Crippen MR) is 76.0 cm³/mol. The van der Waals surface area contributed by atoms with Gasteiger partial charge in [-0.05, 0) is 31.5 Å². The summed E-state index contributed by atoms with van der Waals surface area (Å²) in [5.74, 6) is 0.0113. The summed E-state index contributed by atoms with van der Waals surface area (Å²) in [7, 11) is 1.64. The number of hydrogen-bond donors (Lipinski definition) is 2. The van der Waals surface area contributed by atoms with Crippen LogP contribution in [0.5, 0.6) is 0 Å². The molecular weight excluding hydrogens is 271 g/mol. The second-order valence-corrected chi connectivity index (χ2v) is 5.65. The van der Waals surface area contributed by atoms with Crippen LogP contribution in [-0.2, 0) is 11.3 Å². The van der Waals surface area contributed by atoms with Gasteiger partial charge in [0.15, 0.2) is 0 Å². The van der Waals surface area contributed by atoms with Gasteiger partial charge in [0.2, 0.25) is 5.91 Å². The molecule has 0 aliphatic rings. The fraction of sp³-hybridized carbons (Fsp3) is 0.462. The zero-order valence-electron chi connectivity index (χ0n) is 10.8. The van der Waals surface area contributed by atoms with Crippen molar-refractivity contribution in [2.45, 2.75) is 20.4 Å². The topological polar surface area (TPSA) is 41.1 Å². The molecule has 0 radical (unpaired) electrons. The van der Waals surface area contributed by atoms with Gasteiger partial charge in [-0.2, -0.15) is 0 Å². The van der Waals surface area contributed by atoms with Crippen molar-refractivity contribution in [3.8, 4) is 0 Å². The molecule has 0 saturated carbocycles.